The van der Waals surface area contributed by atoms with Gasteiger partial charge in [-0.1, -0.05) is 59.7 Å². The van der Waals surface area contributed by atoms with Crippen molar-refractivity contribution >= 4 is 17.5 Å². The smallest absolute Gasteiger partial charge is 0.266 e. The summed E-state index contributed by atoms with van der Waals surface area (Å²) in [5, 5.41) is 12.9. The van der Waals surface area contributed by atoms with Gasteiger partial charge < -0.3 is 14.6 Å². The third kappa shape index (κ3) is 7.67. The van der Waals surface area contributed by atoms with Crippen LogP contribution in [0.2, 0.25) is 0 Å². The monoisotopic (exact) mass is 626 g/mol. The van der Waals surface area contributed by atoms with Gasteiger partial charge in [-0.3, -0.25) is 10.2 Å². The number of nitrogens with one attached hydrogen (secondary N) is 2. The van der Waals surface area contributed by atoms with Crippen LogP contribution in [0.1, 0.15) is 34.8 Å². The average Bonchev–Trinajstić information content (AvgIpc) is 3.44. The number of hydrazine groups is 1. The van der Waals surface area contributed by atoms with Crippen molar-refractivity contribution < 1.29 is 28.2 Å². The number of aliphatic hydroxyl groups is 1. The summed E-state index contributed by atoms with van der Waals surface area (Å²) in [6.45, 7) is 0.545. The lowest BCUT2D eigenvalue weighted by molar-refractivity contribution is -0.130. The minimum Gasteiger partial charge on any atom is -0.494 e. The molecule has 1 aliphatic heterocycles. The molecule has 1 aliphatic rings. The number of amides is 1. The zero-order valence-electron chi connectivity index (χ0n) is 24.8. The number of aliphatic hydroxyl groups excluding tert-OH is 1. The van der Waals surface area contributed by atoms with Gasteiger partial charge in [-0.25, -0.2) is 19.2 Å². The normalized spacial score (nSPS) is 17.0. The maximum Gasteiger partial charge on any atom is 0.266 e. The summed E-state index contributed by atoms with van der Waals surface area (Å²) < 4.78 is 39.5. The van der Waals surface area contributed by atoms with E-state index in [4.69, 9.17) is 19.6 Å². The summed E-state index contributed by atoms with van der Waals surface area (Å²) in [5.74, 6) is -1.10. The number of rotatable bonds is 14. The highest BCUT2D eigenvalue weighted by Gasteiger charge is 2.54. The molecule has 0 saturated heterocycles. The van der Waals surface area contributed by atoms with Crippen molar-refractivity contribution in [1.29, 1.82) is 0 Å². The van der Waals surface area contributed by atoms with E-state index in [0.29, 0.717) is 35.5 Å². The number of hydrogen-bond acceptors (Lipinski definition) is 7. The quantitative estimate of drug-likeness (QED) is 0.0515. The fourth-order valence-electron chi connectivity index (χ4n) is 5.23. The Morgan fingerprint density at radius 3 is 2.43 bits per heavy atom. The zero-order chi connectivity index (χ0) is 32.4. The second-order valence-corrected chi connectivity index (χ2v) is 10.6. The minimum absolute atomic E-state index is 0.0191. The molecule has 1 heterocycles. The fraction of sp³-hybridized carbons (Fsp3) is 0.235. The Morgan fingerprint density at radius 2 is 1.72 bits per heavy atom. The van der Waals surface area contributed by atoms with Crippen LogP contribution in [0.3, 0.4) is 0 Å². The van der Waals surface area contributed by atoms with E-state index in [1.807, 2.05) is 30.3 Å². The van der Waals surface area contributed by atoms with Crippen LogP contribution >= 0.6 is 0 Å². The minimum atomic E-state index is -1.58. The third-order valence-electron chi connectivity index (χ3n) is 7.38. The van der Waals surface area contributed by atoms with Crippen molar-refractivity contribution in [3.63, 3.8) is 0 Å². The highest BCUT2D eigenvalue weighted by molar-refractivity contribution is 6.01. The fourth-order valence-corrected chi connectivity index (χ4v) is 5.23. The first-order valence-electron chi connectivity index (χ1n) is 14.7. The Hall–Kier alpha value is -5.29. The number of benzene rings is 4. The van der Waals surface area contributed by atoms with Gasteiger partial charge in [0.25, 0.3) is 5.91 Å². The van der Waals surface area contributed by atoms with E-state index in [9.17, 15) is 19.1 Å². The molecular formula is C34H32F2N6O4. The Kier molecular flexibility index (Phi) is 10.6. The number of carbonyl (C=O) groups excluding carboxylic acids is 1. The number of ether oxygens (including phenoxy) is 2. The van der Waals surface area contributed by atoms with E-state index < -0.39 is 29.2 Å². The maximum atomic E-state index is 14.3. The van der Waals surface area contributed by atoms with E-state index in [-0.39, 0.29) is 37.6 Å². The average molecular weight is 627 g/mol. The molecule has 0 bridgehead atoms. The summed E-state index contributed by atoms with van der Waals surface area (Å²) >= 11 is 0. The van der Waals surface area contributed by atoms with Gasteiger partial charge in [0.05, 0.1) is 6.61 Å². The van der Waals surface area contributed by atoms with Gasteiger partial charge in [0.15, 0.2) is 11.6 Å². The maximum absolute atomic E-state index is 14.3. The molecule has 4 aromatic carbocycles. The lowest BCUT2D eigenvalue weighted by Gasteiger charge is -2.31. The Labute approximate surface area is 264 Å². The number of hydrogen-bond donors (Lipinski definition) is 3. The molecule has 3 N–H and O–H groups in total. The molecule has 5 rings (SSSR count). The first-order valence-corrected chi connectivity index (χ1v) is 14.7. The molecule has 46 heavy (non-hydrogen) atoms. The second-order valence-electron chi connectivity index (χ2n) is 10.6. The van der Waals surface area contributed by atoms with Crippen LogP contribution in [0.5, 0.6) is 5.75 Å². The largest absolute Gasteiger partial charge is 0.494 e. The molecule has 2 atom stereocenters. The van der Waals surface area contributed by atoms with Crippen molar-refractivity contribution in [2.75, 3.05) is 19.8 Å². The third-order valence-corrected chi connectivity index (χ3v) is 7.38. The predicted molar refractivity (Wildman–Crippen MR) is 168 cm³/mol. The van der Waals surface area contributed by atoms with E-state index in [1.54, 1.807) is 48.5 Å². The van der Waals surface area contributed by atoms with Gasteiger partial charge in [-0.05, 0) is 59.5 Å². The standard InChI is InChI=1S/C34H32F2N6O4/c35-26-19-24(20-27(36)21-26)15-16-38-41-33(44)34(22-23-7-2-1-3-8-23)31(29-9-4-5-10-30(29)40-42-37)46-32(39-34)25-11-13-28(14-12-25)45-18-6-17-43/h1-5,7-14,19-21,31,38,43H,6,15-18,22H2,(H,41,44)/t31-,34-/m0/s1. The SMILES string of the molecule is [N-]=[N+]=Nc1ccccc1[C@@H]1OC(c2ccc(OCCCO)cc2)=N[C@]1(Cc1ccccc1)C(=O)NNCCc1cc(F)cc(F)c1. The first-order chi connectivity index (χ1) is 22.4. The van der Waals surface area contributed by atoms with Crippen molar-refractivity contribution in [1.82, 2.24) is 10.9 Å². The molecule has 4 aromatic rings. The van der Waals surface area contributed by atoms with Gasteiger partial charge in [-0.15, -0.1) is 0 Å². The molecule has 0 radical (unpaired) electrons. The van der Waals surface area contributed by atoms with Crippen LogP contribution in [0.15, 0.2) is 107 Å². The zero-order valence-corrected chi connectivity index (χ0v) is 24.8. The van der Waals surface area contributed by atoms with Crippen molar-refractivity contribution in [3.8, 4) is 5.75 Å². The molecule has 0 spiro atoms. The summed E-state index contributed by atoms with van der Waals surface area (Å²) in [5.41, 5.74) is 15.9. The Bertz CT molecular complexity index is 1710. The summed E-state index contributed by atoms with van der Waals surface area (Å²) in [6, 6.07) is 26.5. The Morgan fingerprint density at radius 1 is 1.00 bits per heavy atom. The highest BCUT2D eigenvalue weighted by atomic mass is 19.1. The van der Waals surface area contributed by atoms with Crippen LogP contribution in [-0.4, -0.2) is 42.2 Å². The summed E-state index contributed by atoms with van der Waals surface area (Å²) in [6.07, 6.45) is -0.156. The molecule has 0 fully saturated rings. The number of halogens is 2. The van der Waals surface area contributed by atoms with Crippen LogP contribution < -0.4 is 15.6 Å². The highest BCUT2D eigenvalue weighted by Crippen LogP contribution is 2.45. The molecule has 0 aromatic heterocycles. The number of azide groups is 1. The van der Waals surface area contributed by atoms with E-state index in [2.05, 4.69) is 20.9 Å². The van der Waals surface area contributed by atoms with E-state index in [1.165, 1.54) is 12.1 Å². The lowest BCUT2D eigenvalue weighted by Crippen LogP contribution is -2.54. The summed E-state index contributed by atoms with van der Waals surface area (Å²) in [4.78, 5) is 22.2. The number of nitrogens with zero attached hydrogens (tertiary/aromatic N) is 4. The van der Waals surface area contributed by atoms with Crippen molar-refractivity contribution in [2.24, 2.45) is 10.1 Å². The topological polar surface area (TPSA) is 141 Å². The van der Waals surface area contributed by atoms with Crippen molar-refractivity contribution in [3.05, 3.63) is 141 Å². The van der Waals surface area contributed by atoms with E-state index >= 15 is 0 Å². The molecular weight excluding hydrogens is 594 g/mol. The predicted octanol–water partition coefficient (Wildman–Crippen LogP) is 6.03. The number of carbonyl (C=O) groups is 1. The van der Waals surface area contributed by atoms with Gasteiger partial charge in [0.1, 0.15) is 17.4 Å². The number of aliphatic imine (C=N–C) groups is 1. The van der Waals surface area contributed by atoms with Crippen LogP contribution in [0, 0.1) is 11.6 Å². The molecule has 0 aliphatic carbocycles. The van der Waals surface area contributed by atoms with E-state index in [0.717, 1.165) is 11.6 Å². The van der Waals surface area contributed by atoms with Crippen LogP contribution in [-0.2, 0) is 22.4 Å². The molecule has 12 heteroatoms. The summed E-state index contributed by atoms with van der Waals surface area (Å²) in [7, 11) is 0. The van der Waals surface area contributed by atoms with Crippen LogP contribution in [0.25, 0.3) is 10.4 Å². The van der Waals surface area contributed by atoms with Crippen LogP contribution in [0.4, 0.5) is 14.5 Å². The second kappa shape index (κ2) is 15.1. The van der Waals surface area contributed by atoms with Gasteiger partial charge in [-0.2, -0.15) is 0 Å². The molecule has 1 amide bonds. The van der Waals surface area contributed by atoms with Gasteiger partial charge in [0, 0.05) is 53.8 Å². The molecule has 0 unspecified atom stereocenters. The lowest BCUT2D eigenvalue weighted by atomic mass is 9.81. The van der Waals surface area contributed by atoms with Gasteiger partial charge in [0.2, 0.25) is 5.90 Å². The molecule has 236 valence electrons. The molecule has 10 nitrogen and oxygen atoms in total. The molecule has 0 saturated carbocycles. The van der Waals surface area contributed by atoms with Gasteiger partial charge >= 0.3 is 0 Å². The van der Waals surface area contributed by atoms with Crippen molar-refractivity contribution in [2.45, 2.75) is 30.9 Å². The Balaban J connectivity index is 1.50. The first kappa shape index (κ1) is 32.1.